The maximum Gasteiger partial charge on any atom is 0.226 e. The van der Waals surface area contributed by atoms with Crippen molar-refractivity contribution >= 4 is 0 Å². The van der Waals surface area contributed by atoms with Crippen LogP contribution in [0.5, 0.6) is 5.75 Å². The zero-order valence-electron chi connectivity index (χ0n) is 11.6. The van der Waals surface area contributed by atoms with E-state index in [0.29, 0.717) is 18.3 Å². The molecule has 1 aliphatic rings. The minimum absolute atomic E-state index is 0.174. The molecule has 0 spiro atoms. The second-order valence-electron chi connectivity index (χ2n) is 5.15. The molecule has 5 nitrogen and oxygen atoms in total. The van der Waals surface area contributed by atoms with Crippen LogP contribution in [0.1, 0.15) is 48.6 Å². The molecule has 0 unspecified atom stereocenters. The number of hydrogen-bond donors (Lipinski definition) is 1. The van der Waals surface area contributed by atoms with Crippen LogP contribution in [0, 0.1) is 0 Å². The average Bonchev–Trinajstić information content (AvgIpc) is 3.04. The number of rotatable bonds is 5. The number of aromatic nitrogens is 2. The third kappa shape index (κ3) is 2.67. The van der Waals surface area contributed by atoms with Crippen LogP contribution < -0.4 is 10.5 Å². The fraction of sp³-hybridized carbons (Fsp3) is 0.467. The standard InChI is InChI=1S/C15H19N3O2/c1-2-3-15-17-14(18-20-15)9-19-11-5-6-12-10(8-11)4-7-13(12)16/h5-6,8,13H,2-4,7,9,16H2,1H3/t13-/m0/s1. The molecule has 0 radical (unpaired) electrons. The Bertz CT molecular complexity index is 595. The Morgan fingerprint density at radius 1 is 1.45 bits per heavy atom. The number of hydrogen-bond acceptors (Lipinski definition) is 5. The molecule has 0 saturated heterocycles. The molecule has 3 rings (SSSR count). The third-order valence-electron chi connectivity index (χ3n) is 3.58. The van der Waals surface area contributed by atoms with Gasteiger partial charge in [0.05, 0.1) is 0 Å². The molecule has 5 heteroatoms. The van der Waals surface area contributed by atoms with Crippen LogP contribution in [-0.2, 0) is 19.4 Å². The van der Waals surface area contributed by atoms with Crippen LogP contribution in [0.3, 0.4) is 0 Å². The first-order valence-electron chi connectivity index (χ1n) is 7.09. The van der Waals surface area contributed by atoms with Gasteiger partial charge in [-0.05, 0) is 42.5 Å². The van der Waals surface area contributed by atoms with Gasteiger partial charge in [0.25, 0.3) is 0 Å². The summed E-state index contributed by atoms with van der Waals surface area (Å²) in [7, 11) is 0. The molecule has 1 aromatic carbocycles. The first-order valence-corrected chi connectivity index (χ1v) is 7.09. The molecule has 106 valence electrons. The summed E-state index contributed by atoms with van der Waals surface area (Å²) in [5.41, 5.74) is 8.54. The van der Waals surface area contributed by atoms with Crippen molar-refractivity contribution in [3.8, 4) is 5.75 Å². The van der Waals surface area contributed by atoms with Crippen molar-refractivity contribution < 1.29 is 9.26 Å². The average molecular weight is 273 g/mol. The van der Waals surface area contributed by atoms with Gasteiger partial charge in [0, 0.05) is 12.5 Å². The number of benzene rings is 1. The number of aryl methyl sites for hydroxylation is 2. The quantitative estimate of drug-likeness (QED) is 0.906. The molecule has 2 N–H and O–H groups in total. The van der Waals surface area contributed by atoms with E-state index in [4.69, 9.17) is 15.0 Å². The van der Waals surface area contributed by atoms with Gasteiger partial charge in [-0.3, -0.25) is 0 Å². The first kappa shape index (κ1) is 13.1. The number of fused-ring (bicyclic) bond motifs is 1. The number of nitrogens with zero attached hydrogens (tertiary/aromatic N) is 2. The maximum atomic E-state index is 6.02. The van der Waals surface area contributed by atoms with Gasteiger partial charge in [-0.2, -0.15) is 4.98 Å². The maximum absolute atomic E-state index is 6.02. The highest BCUT2D eigenvalue weighted by Crippen LogP contribution is 2.31. The van der Waals surface area contributed by atoms with E-state index in [0.717, 1.165) is 31.4 Å². The molecule has 1 heterocycles. The minimum atomic E-state index is 0.174. The zero-order valence-corrected chi connectivity index (χ0v) is 11.6. The molecular formula is C15H19N3O2. The fourth-order valence-corrected chi connectivity index (χ4v) is 2.53. The van der Waals surface area contributed by atoms with Gasteiger partial charge in [-0.15, -0.1) is 0 Å². The van der Waals surface area contributed by atoms with Crippen molar-refractivity contribution in [2.24, 2.45) is 5.73 Å². The van der Waals surface area contributed by atoms with Gasteiger partial charge < -0.3 is 15.0 Å². The molecule has 0 amide bonds. The van der Waals surface area contributed by atoms with E-state index in [1.807, 2.05) is 6.07 Å². The lowest BCUT2D eigenvalue weighted by Gasteiger charge is -2.07. The van der Waals surface area contributed by atoms with Crippen molar-refractivity contribution in [3.05, 3.63) is 41.0 Å². The van der Waals surface area contributed by atoms with E-state index in [-0.39, 0.29) is 6.04 Å². The van der Waals surface area contributed by atoms with Crippen molar-refractivity contribution in [3.63, 3.8) is 0 Å². The molecule has 0 aliphatic heterocycles. The lowest BCUT2D eigenvalue weighted by atomic mass is 10.1. The second-order valence-corrected chi connectivity index (χ2v) is 5.15. The Morgan fingerprint density at radius 3 is 3.20 bits per heavy atom. The monoisotopic (exact) mass is 273 g/mol. The summed E-state index contributed by atoms with van der Waals surface area (Å²) >= 11 is 0. The molecular weight excluding hydrogens is 254 g/mol. The molecule has 0 saturated carbocycles. The lowest BCUT2D eigenvalue weighted by molar-refractivity contribution is 0.285. The summed E-state index contributed by atoms with van der Waals surface area (Å²) < 4.78 is 10.8. The molecule has 0 bridgehead atoms. The van der Waals surface area contributed by atoms with Crippen LogP contribution >= 0.6 is 0 Å². The van der Waals surface area contributed by atoms with E-state index in [1.165, 1.54) is 11.1 Å². The van der Waals surface area contributed by atoms with Gasteiger partial charge >= 0.3 is 0 Å². The molecule has 0 fully saturated rings. The van der Waals surface area contributed by atoms with Crippen LogP contribution in [0.4, 0.5) is 0 Å². The van der Waals surface area contributed by atoms with Crippen molar-refractivity contribution in [2.75, 3.05) is 0 Å². The van der Waals surface area contributed by atoms with E-state index in [1.54, 1.807) is 0 Å². The van der Waals surface area contributed by atoms with Crippen LogP contribution in [0.25, 0.3) is 0 Å². The Morgan fingerprint density at radius 2 is 2.35 bits per heavy atom. The molecule has 1 atom stereocenters. The number of nitrogens with two attached hydrogens (primary N) is 1. The molecule has 2 aromatic rings. The van der Waals surface area contributed by atoms with Gasteiger partial charge in [0.1, 0.15) is 5.75 Å². The first-order chi connectivity index (χ1) is 9.76. The molecule has 1 aromatic heterocycles. The Balaban J connectivity index is 1.63. The highest BCUT2D eigenvalue weighted by molar-refractivity contribution is 5.40. The highest BCUT2D eigenvalue weighted by atomic mass is 16.5. The Labute approximate surface area is 118 Å². The fourth-order valence-electron chi connectivity index (χ4n) is 2.53. The topological polar surface area (TPSA) is 74.2 Å². The summed E-state index contributed by atoms with van der Waals surface area (Å²) in [6.07, 6.45) is 3.85. The van der Waals surface area contributed by atoms with Crippen molar-refractivity contribution in [1.82, 2.24) is 10.1 Å². The molecule has 20 heavy (non-hydrogen) atoms. The second kappa shape index (κ2) is 5.63. The van der Waals surface area contributed by atoms with E-state index < -0.39 is 0 Å². The van der Waals surface area contributed by atoms with Gasteiger partial charge in [0.15, 0.2) is 6.61 Å². The normalized spacial score (nSPS) is 17.2. The minimum Gasteiger partial charge on any atom is -0.485 e. The summed E-state index contributed by atoms with van der Waals surface area (Å²) in [5.74, 6) is 2.09. The molecule has 1 aliphatic carbocycles. The van der Waals surface area contributed by atoms with Crippen LogP contribution in [0.2, 0.25) is 0 Å². The SMILES string of the molecule is CCCc1nc(COc2ccc3c(c2)CC[C@@H]3N)no1. The predicted molar refractivity (Wildman–Crippen MR) is 74.3 cm³/mol. The van der Waals surface area contributed by atoms with Crippen molar-refractivity contribution in [1.29, 1.82) is 0 Å². The van der Waals surface area contributed by atoms with E-state index >= 15 is 0 Å². The summed E-state index contributed by atoms with van der Waals surface area (Å²) in [5, 5.41) is 3.90. The summed E-state index contributed by atoms with van der Waals surface area (Å²) in [6.45, 7) is 2.41. The third-order valence-corrected chi connectivity index (χ3v) is 3.58. The Kier molecular flexibility index (Phi) is 3.69. The van der Waals surface area contributed by atoms with Gasteiger partial charge in [-0.25, -0.2) is 0 Å². The van der Waals surface area contributed by atoms with Crippen molar-refractivity contribution in [2.45, 2.75) is 45.3 Å². The van der Waals surface area contributed by atoms with Gasteiger partial charge in [0.2, 0.25) is 11.7 Å². The van der Waals surface area contributed by atoms with Crippen LogP contribution in [0.15, 0.2) is 22.7 Å². The summed E-state index contributed by atoms with van der Waals surface area (Å²) in [4.78, 5) is 4.28. The predicted octanol–water partition coefficient (Wildman–Crippen LogP) is 2.55. The largest absolute Gasteiger partial charge is 0.485 e. The van der Waals surface area contributed by atoms with Gasteiger partial charge in [-0.1, -0.05) is 18.1 Å². The highest BCUT2D eigenvalue weighted by Gasteiger charge is 2.19. The zero-order chi connectivity index (χ0) is 13.9. The van der Waals surface area contributed by atoms with E-state index in [9.17, 15) is 0 Å². The Hall–Kier alpha value is -1.88. The lowest BCUT2D eigenvalue weighted by Crippen LogP contribution is -2.05. The van der Waals surface area contributed by atoms with E-state index in [2.05, 4.69) is 29.2 Å². The smallest absolute Gasteiger partial charge is 0.226 e. The summed E-state index contributed by atoms with van der Waals surface area (Å²) in [6, 6.07) is 6.25. The number of ether oxygens (including phenoxy) is 1. The van der Waals surface area contributed by atoms with Crippen LogP contribution in [-0.4, -0.2) is 10.1 Å².